The molecule has 0 bridgehead atoms. The van der Waals surface area contributed by atoms with E-state index in [-0.39, 0.29) is 13.0 Å². The van der Waals surface area contributed by atoms with E-state index in [1.807, 2.05) is 52.5 Å². The molecule has 33 heavy (non-hydrogen) atoms. The molecule has 0 spiro atoms. The lowest BCUT2D eigenvalue weighted by Crippen LogP contribution is -2.47. The Balaban J connectivity index is 1.37. The lowest BCUT2D eigenvalue weighted by Gasteiger charge is -2.24. The highest BCUT2D eigenvalue weighted by atomic mass is 32.1. The Morgan fingerprint density at radius 2 is 1.64 bits per heavy atom. The Kier molecular flexibility index (Phi) is 5.85. The molecule has 1 aliphatic rings. The number of nitrogens with zero attached hydrogens (tertiary/aromatic N) is 2. The van der Waals surface area contributed by atoms with Crippen molar-refractivity contribution in [1.29, 1.82) is 0 Å². The summed E-state index contributed by atoms with van der Waals surface area (Å²) in [5, 5.41) is 6.68. The maximum absolute atomic E-state index is 13.2. The Morgan fingerprint density at radius 3 is 2.30 bits per heavy atom. The first kappa shape index (κ1) is 21.2. The lowest BCUT2D eigenvalue weighted by molar-refractivity contribution is -0.149. The first-order chi connectivity index (χ1) is 16.1. The SMILES string of the molecule is O=C(OCc1csc(-c2ccsc2)n1)[C@H](Cc1ccccc1)N1C(=O)c2ccccc2C1=O. The Morgan fingerprint density at radius 1 is 0.939 bits per heavy atom. The molecule has 5 rings (SSSR count). The van der Waals surface area contributed by atoms with Gasteiger partial charge in [0.05, 0.1) is 16.8 Å². The van der Waals surface area contributed by atoms with E-state index in [2.05, 4.69) is 4.98 Å². The molecule has 0 saturated heterocycles. The monoisotopic (exact) mass is 474 g/mol. The van der Waals surface area contributed by atoms with Gasteiger partial charge in [-0.2, -0.15) is 11.3 Å². The number of amides is 2. The number of ether oxygens (including phenoxy) is 1. The molecule has 8 heteroatoms. The van der Waals surface area contributed by atoms with Crippen LogP contribution < -0.4 is 0 Å². The normalized spacial score (nSPS) is 13.8. The molecule has 0 radical (unpaired) electrons. The van der Waals surface area contributed by atoms with E-state index >= 15 is 0 Å². The van der Waals surface area contributed by atoms with Crippen LogP contribution in [0.4, 0.5) is 0 Å². The maximum Gasteiger partial charge on any atom is 0.330 e. The molecule has 2 amide bonds. The number of imide groups is 1. The molecule has 0 unspecified atom stereocenters. The van der Waals surface area contributed by atoms with Gasteiger partial charge in [-0.05, 0) is 29.1 Å². The summed E-state index contributed by atoms with van der Waals surface area (Å²) in [6, 6.07) is 16.8. The number of benzene rings is 2. The van der Waals surface area contributed by atoms with E-state index in [1.54, 1.807) is 35.6 Å². The van der Waals surface area contributed by atoms with E-state index in [1.165, 1.54) is 11.3 Å². The van der Waals surface area contributed by atoms with Crippen molar-refractivity contribution in [2.75, 3.05) is 0 Å². The number of hydrogen-bond acceptors (Lipinski definition) is 7. The van der Waals surface area contributed by atoms with Gasteiger partial charge in [-0.15, -0.1) is 11.3 Å². The summed E-state index contributed by atoms with van der Waals surface area (Å²) in [4.78, 5) is 44.8. The highest BCUT2D eigenvalue weighted by Crippen LogP contribution is 2.28. The first-order valence-corrected chi connectivity index (χ1v) is 12.1. The highest BCUT2D eigenvalue weighted by Gasteiger charge is 2.43. The van der Waals surface area contributed by atoms with Gasteiger partial charge in [-0.3, -0.25) is 14.5 Å². The third kappa shape index (κ3) is 4.22. The summed E-state index contributed by atoms with van der Waals surface area (Å²) in [5.74, 6) is -1.61. The molecule has 0 fully saturated rings. The van der Waals surface area contributed by atoms with Gasteiger partial charge in [0.2, 0.25) is 0 Å². The van der Waals surface area contributed by atoms with Gasteiger partial charge in [0.25, 0.3) is 11.8 Å². The van der Waals surface area contributed by atoms with Crippen molar-refractivity contribution in [2.24, 2.45) is 0 Å². The van der Waals surface area contributed by atoms with Crippen molar-refractivity contribution in [3.05, 3.63) is 99.2 Å². The fraction of sp³-hybridized carbons (Fsp3) is 0.120. The largest absolute Gasteiger partial charge is 0.458 e. The molecule has 1 atom stereocenters. The highest BCUT2D eigenvalue weighted by molar-refractivity contribution is 7.14. The molecular formula is C25H18N2O4S2. The zero-order chi connectivity index (χ0) is 22.8. The Labute approximate surface area is 198 Å². The lowest BCUT2D eigenvalue weighted by atomic mass is 10.0. The number of carbonyl (C=O) groups is 3. The second-order valence-corrected chi connectivity index (χ2v) is 9.13. The third-order valence-electron chi connectivity index (χ3n) is 5.36. The maximum atomic E-state index is 13.2. The van der Waals surface area contributed by atoms with Crippen molar-refractivity contribution < 1.29 is 19.1 Å². The minimum absolute atomic E-state index is 0.0338. The van der Waals surface area contributed by atoms with Gasteiger partial charge in [-0.25, -0.2) is 9.78 Å². The predicted molar refractivity (Wildman–Crippen MR) is 126 cm³/mol. The van der Waals surface area contributed by atoms with Gasteiger partial charge in [-0.1, -0.05) is 42.5 Å². The molecule has 2 aromatic heterocycles. The van der Waals surface area contributed by atoms with Crippen LogP contribution in [0.2, 0.25) is 0 Å². The number of esters is 1. The van der Waals surface area contributed by atoms with Gasteiger partial charge in [0, 0.05) is 22.7 Å². The topological polar surface area (TPSA) is 76.6 Å². The molecule has 1 aliphatic heterocycles. The second-order valence-electron chi connectivity index (χ2n) is 7.50. The molecule has 0 saturated carbocycles. The zero-order valence-corrected chi connectivity index (χ0v) is 19.0. The first-order valence-electron chi connectivity index (χ1n) is 10.3. The van der Waals surface area contributed by atoms with Crippen LogP contribution in [0.5, 0.6) is 0 Å². The average molecular weight is 475 g/mol. The molecule has 4 aromatic rings. The van der Waals surface area contributed by atoms with Gasteiger partial charge >= 0.3 is 5.97 Å². The summed E-state index contributed by atoms with van der Waals surface area (Å²) in [7, 11) is 0. The van der Waals surface area contributed by atoms with Crippen LogP contribution in [0, 0.1) is 0 Å². The molecule has 0 N–H and O–H groups in total. The number of thiazole rings is 1. The van der Waals surface area contributed by atoms with Gasteiger partial charge in [0.1, 0.15) is 17.7 Å². The van der Waals surface area contributed by atoms with E-state index < -0.39 is 23.8 Å². The smallest absolute Gasteiger partial charge is 0.330 e. The number of hydrogen-bond donors (Lipinski definition) is 0. The van der Waals surface area contributed by atoms with Crippen molar-refractivity contribution in [2.45, 2.75) is 19.1 Å². The summed E-state index contributed by atoms with van der Waals surface area (Å²) in [6.45, 7) is -0.0338. The minimum atomic E-state index is -1.07. The van der Waals surface area contributed by atoms with Crippen LogP contribution in [0.15, 0.2) is 76.8 Å². The third-order valence-corrected chi connectivity index (χ3v) is 6.99. The van der Waals surface area contributed by atoms with Crippen molar-refractivity contribution in [3.8, 4) is 10.6 Å². The fourth-order valence-electron chi connectivity index (χ4n) is 3.74. The quantitative estimate of drug-likeness (QED) is 0.283. The average Bonchev–Trinajstić information content (AvgIpc) is 3.58. The van der Waals surface area contributed by atoms with Crippen LogP contribution in [0.25, 0.3) is 10.6 Å². The molecule has 164 valence electrons. The molecule has 3 heterocycles. The number of carbonyl (C=O) groups excluding carboxylic acids is 3. The second kappa shape index (κ2) is 9.09. The van der Waals surface area contributed by atoms with Crippen LogP contribution in [0.3, 0.4) is 0 Å². The zero-order valence-electron chi connectivity index (χ0n) is 17.3. The van der Waals surface area contributed by atoms with E-state index in [9.17, 15) is 14.4 Å². The van der Waals surface area contributed by atoms with Crippen LogP contribution >= 0.6 is 22.7 Å². The van der Waals surface area contributed by atoms with Crippen molar-refractivity contribution in [1.82, 2.24) is 9.88 Å². The van der Waals surface area contributed by atoms with Crippen molar-refractivity contribution in [3.63, 3.8) is 0 Å². The van der Waals surface area contributed by atoms with Crippen molar-refractivity contribution >= 4 is 40.5 Å². The minimum Gasteiger partial charge on any atom is -0.458 e. The van der Waals surface area contributed by atoms with Crippen LogP contribution in [-0.2, 0) is 22.6 Å². The summed E-state index contributed by atoms with van der Waals surface area (Å²) in [5.41, 5.74) is 3.07. The predicted octanol–water partition coefficient (Wildman–Crippen LogP) is 4.82. The molecule has 2 aromatic carbocycles. The van der Waals surface area contributed by atoms with E-state index in [0.29, 0.717) is 16.8 Å². The molecule has 0 aliphatic carbocycles. The van der Waals surface area contributed by atoms with Gasteiger partial charge < -0.3 is 4.74 Å². The number of aromatic nitrogens is 1. The number of rotatable bonds is 7. The molecular weight excluding hydrogens is 456 g/mol. The number of thiophene rings is 1. The molecule has 6 nitrogen and oxygen atoms in total. The Hall–Kier alpha value is -3.62. The van der Waals surface area contributed by atoms with Crippen LogP contribution in [0.1, 0.15) is 32.0 Å². The Bertz CT molecular complexity index is 1280. The summed E-state index contributed by atoms with van der Waals surface area (Å²) in [6.07, 6.45) is 0.169. The van der Waals surface area contributed by atoms with Crippen LogP contribution in [-0.4, -0.2) is 33.7 Å². The fourth-order valence-corrected chi connectivity index (χ4v) is 5.26. The standard InChI is InChI=1S/C25H18N2O4S2/c28-23-19-8-4-5-9-20(19)24(29)27(23)21(12-16-6-2-1-3-7-16)25(30)31-13-18-15-33-22(26-18)17-10-11-32-14-17/h1-11,14-15,21H,12-13H2/t21-/m0/s1. The number of fused-ring (bicyclic) bond motifs is 1. The van der Waals surface area contributed by atoms with E-state index in [0.717, 1.165) is 21.0 Å². The summed E-state index contributed by atoms with van der Waals surface area (Å²) >= 11 is 3.06. The summed E-state index contributed by atoms with van der Waals surface area (Å²) < 4.78 is 5.56. The van der Waals surface area contributed by atoms with Gasteiger partial charge in [0.15, 0.2) is 0 Å². The van der Waals surface area contributed by atoms with E-state index in [4.69, 9.17) is 4.74 Å².